The van der Waals surface area contributed by atoms with Crippen LogP contribution in [0.2, 0.25) is 5.02 Å². The molecule has 1 unspecified atom stereocenters. The quantitative estimate of drug-likeness (QED) is 0.906. The van der Waals surface area contributed by atoms with Crippen molar-refractivity contribution in [2.24, 2.45) is 5.73 Å². The Morgan fingerprint density at radius 2 is 2.20 bits per heavy atom. The van der Waals surface area contributed by atoms with Crippen molar-refractivity contribution in [2.75, 3.05) is 37.6 Å². The third-order valence-corrected chi connectivity index (χ3v) is 4.40. The smallest absolute Gasteiger partial charge is 0.0822 e. The molecule has 20 heavy (non-hydrogen) atoms. The largest absolute Gasteiger partial charge is 0.369 e. The second-order valence-corrected chi connectivity index (χ2v) is 5.75. The summed E-state index contributed by atoms with van der Waals surface area (Å²) in [6, 6.07) is 2.63. The predicted molar refractivity (Wildman–Crippen MR) is 85.4 cm³/mol. The van der Waals surface area contributed by atoms with Crippen LogP contribution in [-0.4, -0.2) is 48.6 Å². The Morgan fingerprint density at radius 3 is 2.90 bits per heavy atom. The van der Waals surface area contributed by atoms with E-state index in [1.165, 1.54) is 12.8 Å². The van der Waals surface area contributed by atoms with E-state index in [9.17, 15) is 0 Å². The summed E-state index contributed by atoms with van der Waals surface area (Å²) in [6.45, 7) is 7.33. The van der Waals surface area contributed by atoms with Gasteiger partial charge in [0.1, 0.15) is 0 Å². The van der Waals surface area contributed by atoms with Gasteiger partial charge in [-0.25, -0.2) is 0 Å². The van der Waals surface area contributed by atoms with E-state index < -0.39 is 0 Å². The van der Waals surface area contributed by atoms with E-state index in [1.807, 2.05) is 12.3 Å². The maximum Gasteiger partial charge on any atom is 0.0822 e. The molecule has 1 aliphatic rings. The van der Waals surface area contributed by atoms with Crippen LogP contribution in [-0.2, 0) is 0 Å². The number of pyridine rings is 1. The lowest BCUT2D eigenvalue weighted by Gasteiger charge is -2.30. The molecule has 2 N–H and O–H groups in total. The van der Waals surface area contributed by atoms with Gasteiger partial charge in [0.05, 0.1) is 10.7 Å². The Hall–Kier alpha value is -0.840. The summed E-state index contributed by atoms with van der Waals surface area (Å²) in [5, 5.41) is 0.745. The highest BCUT2D eigenvalue weighted by atomic mass is 35.5. The fraction of sp³-hybridized carbons (Fsp3) is 0.667. The molecule has 0 amide bonds. The Kier molecular flexibility index (Phi) is 6.07. The molecule has 0 aromatic carbocycles. The lowest BCUT2D eigenvalue weighted by molar-refractivity contribution is 0.196. The molecule has 1 fully saturated rings. The number of rotatable bonds is 5. The molecule has 0 aliphatic carbocycles. The lowest BCUT2D eigenvalue weighted by atomic mass is 10.1. The molecule has 1 saturated heterocycles. The second-order valence-electron chi connectivity index (χ2n) is 5.34. The van der Waals surface area contributed by atoms with Crippen LogP contribution >= 0.6 is 11.6 Å². The first-order valence-corrected chi connectivity index (χ1v) is 7.92. The van der Waals surface area contributed by atoms with Gasteiger partial charge in [-0.1, -0.05) is 18.5 Å². The fourth-order valence-electron chi connectivity index (χ4n) is 3.01. The number of nitrogens with two attached hydrogens (primary N) is 1. The number of anilines is 1. The van der Waals surface area contributed by atoms with E-state index in [1.54, 1.807) is 6.20 Å². The summed E-state index contributed by atoms with van der Waals surface area (Å²) in [4.78, 5) is 9.02. The zero-order valence-corrected chi connectivity index (χ0v) is 13.0. The van der Waals surface area contributed by atoms with Gasteiger partial charge >= 0.3 is 0 Å². The van der Waals surface area contributed by atoms with E-state index >= 15 is 0 Å². The van der Waals surface area contributed by atoms with Gasteiger partial charge < -0.3 is 10.6 Å². The average Bonchev–Trinajstić information content (AvgIpc) is 2.71. The normalized spacial score (nSPS) is 18.9. The Morgan fingerprint density at radius 1 is 1.35 bits per heavy atom. The predicted octanol–water partition coefficient (Wildman–Crippen LogP) is 2.37. The minimum atomic E-state index is 0.618. The summed E-state index contributed by atoms with van der Waals surface area (Å²) in [5.41, 5.74) is 6.83. The van der Waals surface area contributed by atoms with Gasteiger partial charge in [0.25, 0.3) is 0 Å². The molecule has 112 valence electrons. The van der Waals surface area contributed by atoms with Crippen LogP contribution < -0.4 is 10.6 Å². The standard InChI is InChI=1S/C15H25ClN4/c1-2-13(4-6-17)19-8-3-9-20(11-10-19)15-5-7-18-12-14(15)16/h5,7,12-13H,2-4,6,8-11,17H2,1H3. The van der Waals surface area contributed by atoms with Crippen molar-refractivity contribution >= 4 is 17.3 Å². The molecular formula is C15H25ClN4. The van der Waals surface area contributed by atoms with Crippen molar-refractivity contribution in [1.29, 1.82) is 0 Å². The van der Waals surface area contributed by atoms with Crippen LogP contribution in [0, 0.1) is 0 Å². The molecule has 0 radical (unpaired) electrons. The molecule has 0 saturated carbocycles. The molecule has 4 nitrogen and oxygen atoms in total. The summed E-state index contributed by atoms with van der Waals surface area (Å²) < 4.78 is 0. The molecular weight excluding hydrogens is 272 g/mol. The minimum Gasteiger partial charge on any atom is -0.369 e. The summed E-state index contributed by atoms with van der Waals surface area (Å²) >= 11 is 6.25. The highest BCUT2D eigenvalue weighted by molar-refractivity contribution is 6.33. The molecule has 1 aromatic heterocycles. The number of aromatic nitrogens is 1. The molecule has 1 aromatic rings. The second kappa shape index (κ2) is 7.81. The number of nitrogens with zero attached hydrogens (tertiary/aromatic N) is 3. The Balaban J connectivity index is 2.00. The molecule has 1 aliphatic heterocycles. The highest BCUT2D eigenvalue weighted by Crippen LogP contribution is 2.25. The summed E-state index contributed by atoms with van der Waals surface area (Å²) in [5.74, 6) is 0. The van der Waals surface area contributed by atoms with Crippen LogP contribution in [0.4, 0.5) is 5.69 Å². The first kappa shape index (κ1) is 15.5. The van der Waals surface area contributed by atoms with Gasteiger partial charge in [-0.2, -0.15) is 0 Å². The first-order chi connectivity index (χ1) is 9.76. The van der Waals surface area contributed by atoms with Gasteiger partial charge in [0.2, 0.25) is 0 Å². The minimum absolute atomic E-state index is 0.618. The highest BCUT2D eigenvalue weighted by Gasteiger charge is 2.21. The molecule has 0 bridgehead atoms. The molecule has 2 heterocycles. The van der Waals surface area contributed by atoms with Crippen molar-refractivity contribution < 1.29 is 0 Å². The van der Waals surface area contributed by atoms with Gasteiger partial charge in [0, 0.05) is 44.6 Å². The zero-order valence-electron chi connectivity index (χ0n) is 12.3. The topological polar surface area (TPSA) is 45.4 Å². The van der Waals surface area contributed by atoms with Crippen LogP contribution in [0.1, 0.15) is 26.2 Å². The number of halogens is 1. The Labute approximate surface area is 126 Å². The van der Waals surface area contributed by atoms with Crippen LogP contribution in [0.5, 0.6) is 0 Å². The summed E-state index contributed by atoms with van der Waals surface area (Å²) in [7, 11) is 0. The first-order valence-electron chi connectivity index (χ1n) is 7.54. The van der Waals surface area contributed by atoms with E-state index in [4.69, 9.17) is 17.3 Å². The van der Waals surface area contributed by atoms with E-state index in [0.717, 1.165) is 49.9 Å². The number of hydrogen-bond donors (Lipinski definition) is 1. The number of hydrogen-bond acceptors (Lipinski definition) is 4. The molecule has 2 rings (SSSR count). The Bertz CT molecular complexity index is 413. The van der Waals surface area contributed by atoms with E-state index in [2.05, 4.69) is 21.7 Å². The van der Waals surface area contributed by atoms with Crippen molar-refractivity contribution in [3.63, 3.8) is 0 Å². The van der Waals surface area contributed by atoms with Gasteiger partial charge in [0.15, 0.2) is 0 Å². The van der Waals surface area contributed by atoms with Gasteiger partial charge in [-0.3, -0.25) is 9.88 Å². The van der Waals surface area contributed by atoms with Crippen LogP contribution in [0.3, 0.4) is 0 Å². The third-order valence-electron chi connectivity index (χ3n) is 4.11. The monoisotopic (exact) mass is 296 g/mol. The fourth-order valence-corrected chi connectivity index (χ4v) is 3.24. The van der Waals surface area contributed by atoms with E-state index in [0.29, 0.717) is 6.04 Å². The molecule has 0 spiro atoms. The van der Waals surface area contributed by atoms with Gasteiger partial charge in [-0.15, -0.1) is 0 Å². The van der Waals surface area contributed by atoms with Crippen molar-refractivity contribution in [1.82, 2.24) is 9.88 Å². The maximum absolute atomic E-state index is 6.25. The molecule has 1 atom stereocenters. The molecule has 5 heteroatoms. The van der Waals surface area contributed by atoms with Crippen LogP contribution in [0.25, 0.3) is 0 Å². The van der Waals surface area contributed by atoms with Crippen LogP contribution in [0.15, 0.2) is 18.5 Å². The SMILES string of the molecule is CCC(CCN)N1CCCN(c2ccncc2Cl)CC1. The lowest BCUT2D eigenvalue weighted by Crippen LogP contribution is -2.39. The summed E-state index contributed by atoms with van der Waals surface area (Å²) in [6.07, 6.45) is 6.97. The average molecular weight is 297 g/mol. The van der Waals surface area contributed by atoms with Crippen molar-refractivity contribution in [2.45, 2.75) is 32.2 Å². The van der Waals surface area contributed by atoms with Crippen molar-refractivity contribution in [3.05, 3.63) is 23.5 Å². The van der Waals surface area contributed by atoms with Crippen molar-refractivity contribution in [3.8, 4) is 0 Å². The zero-order chi connectivity index (χ0) is 14.4. The maximum atomic E-state index is 6.25. The van der Waals surface area contributed by atoms with Gasteiger partial charge in [-0.05, 0) is 31.9 Å². The van der Waals surface area contributed by atoms with E-state index in [-0.39, 0.29) is 0 Å². The third kappa shape index (κ3) is 3.84.